The minimum absolute atomic E-state index is 0. The van der Waals surface area contributed by atoms with Crippen LogP contribution in [0.1, 0.15) is 12.7 Å². The van der Waals surface area contributed by atoms with Crippen LogP contribution >= 0.6 is 24.0 Å². The molecule has 0 aliphatic carbocycles. The largest absolute Gasteiger partial charge is 0.352 e. The number of amides is 1. The second-order valence-corrected chi connectivity index (χ2v) is 6.70. The van der Waals surface area contributed by atoms with Crippen LogP contribution in [0.2, 0.25) is 0 Å². The summed E-state index contributed by atoms with van der Waals surface area (Å²) in [5, 5.41) is 3.24. The van der Waals surface area contributed by atoms with Gasteiger partial charge in [0.1, 0.15) is 12.4 Å². The second-order valence-electron chi connectivity index (χ2n) is 6.70. The molecule has 0 spiro atoms. The quantitative estimate of drug-likeness (QED) is 0.268. The normalized spacial score (nSPS) is 10.8. The number of halogens is 1. The van der Waals surface area contributed by atoms with Crippen molar-refractivity contribution in [2.75, 3.05) is 34.2 Å². The number of carbonyl (C=O) groups is 1. The first kappa shape index (κ1) is 23.7. The third kappa shape index (κ3) is 7.34. The molecule has 0 unspecified atom stereocenters. The molecule has 1 heterocycles. The molecule has 7 nitrogen and oxygen atoms in total. The molecular weight excluding hydrogens is 467 g/mol. The van der Waals surface area contributed by atoms with Crippen molar-refractivity contribution in [3.05, 3.63) is 54.5 Å². The van der Waals surface area contributed by atoms with Crippen molar-refractivity contribution in [1.29, 1.82) is 0 Å². The van der Waals surface area contributed by atoms with E-state index in [4.69, 9.17) is 0 Å². The molecule has 0 aliphatic rings. The maximum Gasteiger partial charge on any atom is 0.243 e. The number of guanidine groups is 1. The van der Waals surface area contributed by atoms with Crippen LogP contribution in [0, 0.1) is 0 Å². The highest BCUT2D eigenvalue weighted by atomic mass is 127. The summed E-state index contributed by atoms with van der Waals surface area (Å²) in [4.78, 5) is 27.6. The monoisotopic (exact) mass is 496 g/mol. The van der Waals surface area contributed by atoms with Crippen LogP contribution in [-0.2, 0) is 11.3 Å². The number of aromatic nitrogens is 2. The molecule has 0 atom stereocenters. The van der Waals surface area contributed by atoms with Gasteiger partial charge in [-0.15, -0.1) is 24.0 Å². The summed E-state index contributed by atoms with van der Waals surface area (Å²) < 4.78 is 0. The molecule has 2 rings (SSSR count). The Kier molecular flexibility index (Phi) is 9.70. The van der Waals surface area contributed by atoms with Gasteiger partial charge in [0.25, 0.3) is 0 Å². The third-order valence-electron chi connectivity index (χ3n) is 3.87. The number of carbonyl (C=O) groups excluding carboxylic acids is 1. The van der Waals surface area contributed by atoms with E-state index in [-0.39, 0.29) is 36.4 Å². The molecule has 2 aromatic rings. The summed E-state index contributed by atoms with van der Waals surface area (Å²) in [5.41, 5.74) is 3.04. The molecule has 0 bridgehead atoms. The van der Waals surface area contributed by atoms with Gasteiger partial charge in [0.2, 0.25) is 5.91 Å². The average molecular weight is 496 g/mol. The standard InChI is InChI=1S/C20H28N6O.HI/c1-15(2)11-22-20(23-13-19(27)25(3)4)26(5)14-18-21-12-17(24-18)16-9-7-6-8-10-16;/h6-10,12H,1,11,13-14H2,2-5H3,(H,21,24)(H,22,23);1H. The summed E-state index contributed by atoms with van der Waals surface area (Å²) in [6, 6.07) is 10.1. The predicted molar refractivity (Wildman–Crippen MR) is 125 cm³/mol. The van der Waals surface area contributed by atoms with Crippen LogP contribution in [0.25, 0.3) is 11.3 Å². The van der Waals surface area contributed by atoms with Crippen molar-refractivity contribution in [3.8, 4) is 11.3 Å². The van der Waals surface area contributed by atoms with Gasteiger partial charge in [-0.05, 0) is 12.5 Å². The van der Waals surface area contributed by atoms with E-state index in [0.29, 0.717) is 19.0 Å². The zero-order valence-electron chi connectivity index (χ0n) is 16.9. The number of benzene rings is 1. The molecule has 0 fully saturated rings. The van der Waals surface area contributed by atoms with Gasteiger partial charge < -0.3 is 20.1 Å². The fraction of sp³-hybridized carbons (Fsp3) is 0.350. The third-order valence-corrected chi connectivity index (χ3v) is 3.87. The smallest absolute Gasteiger partial charge is 0.243 e. The lowest BCUT2D eigenvalue weighted by Gasteiger charge is -2.22. The molecule has 0 saturated heterocycles. The predicted octanol–water partition coefficient (Wildman–Crippen LogP) is 2.74. The number of H-pyrrole nitrogens is 1. The first-order valence-corrected chi connectivity index (χ1v) is 8.80. The molecule has 0 radical (unpaired) electrons. The fourth-order valence-electron chi connectivity index (χ4n) is 2.33. The van der Waals surface area contributed by atoms with E-state index in [1.54, 1.807) is 14.1 Å². The summed E-state index contributed by atoms with van der Waals surface area (Å²) >= 11 is 0. The number of nitrogens with zero attached hydrogens (tertiary/aromatic N) is 4. The van der Waals surface area contributed by atoms with Crippen molar-refractivity contribution in [2.24, 2.45) is 4.99 Å². The maximum atomic E-state index is 11.9. The second kappa shape index (κ2) is 11.5. The number of hydrogen-bond donors (Lipinski definition) is 2. The van der Waals surface area contributed by atoms with E-state index < -0.39 is 0 Å². The van der Waals surface area contributed by atoms with E-state index in [1.807, 2.05) is 55.4 Å². The number of likely N-dealkylation sites (N-methyl/N-ethyl adjacent to an activating group) is 1. The number of aliphatic imine (C=N–C) groups is 1. The minimum Gasteiger partial charge on any atom is -0.352 e. The Hall–Kier alpha value is -2.36. The van der Waals surface area contributed by atoms with Gasteiger partial charge in [-0.2, -0.15) is 0 Å². The first-order valence-electron chi connectivity index (χ1n) is 8.80. The van der Waals surface area contributed by atoms with Gasteiger partial charge >= 0.3 is 0 Å². The van der Waals surface area contributed by atoms with Crippen LogP contribution in [0.4, 0.5) is 0 Å². The highest BCUT2D eigenvalue weighted by molar-refractivity contribution is 14.0. The fourth-order valence-corrected chi connectivity index (χ4v) is 2.33. The van der Waals surface area contributed by atoms with Crippen molar-refractivity contribution >= 4 is 35.8 Å². The molecule has 0 saturated carbocycles. The molecule has 2 N–H and O–H groups in total. The van der Waals surface area contributed by atoms with Crippen LogP contribution in [0.15, 0.2) is 53.7 Å². The lowest BCUT2D eigenvalue weighted by atomic mass is 10.2. The minimum atomic E-state index is -0.0533. The van der Waals surface area contributed by atoms with Gasteiger partial charge in [-0.3, -0.25) is 4.79 Å². The van der Waals surface area contributed by atoms with Crippen molar-refractivity contribution in [2.45, 2.75) is 13.5 Å². The van der Waals surface area contributed by atoms with Crippen LogP contribution in [-0.4, -0.2) is 65.9 Å². The highest BCUT2D eigenvalue weighted by Crippen LogP contribution is 2.16. The van der Waals surface area contributed by atoms with E-state index in [9.17, 15) is 4.79 Å². The van der Waals surface area contributed by atoms with Gasteiger partial charge in [0.05, 0.1) is 18.4 Å². The maximum absolute atomic E-state index is 11.9. The number of imidazole rings is 1. The lowest BCUT2D eigenvalue weighted by Crippen LogP contribution is -2.40. The van der Waals surface area contributed by atoms with Crippen molar-refractivity contribution in [3.63, 3.8) is 0 Å². The Balaban J connectivity index is 0.00000392. The highest BCUT2D eigenvalue weighted by Gasteiger charge is 2.12. The van der Waals surface area contributed by atoms with Crippen molar-refractivity contribution < 1.29 is 4.79 Å². The molecule has 1 aromatic heterocycles. The number of nitrogens with one attached hydrogen (secondary N) is 2. The van der Waals surface area contributed by atoms with Crippen LogP contribution in [0.5, 0.6) is 0 Å². The van der Waals surface area contributed by atoms with E-state index in [0.717, 1.165) is 22.7 Å². The van der Waals surface area contributed by atoms with Gasteiger partial charge in [-0.25, -0.2) is 9.98 Å². The molecule has 8 heteroatoms. The first-order chi connectivity index (χ1) is 12.9. The molecule has 152 valence electrons. The molecule has 0 aliphatic heterocycles. The zero-order valence-corrected chi connectivity index (χ0v) is 19.2. The zero-order chi connectivity index (χ0) is 19.8. The summed E-state index contributed by atoms with van der Waals surface area (Å²) in [6.07, 6.45) is 1.83. The van der Waals surface area contributed by atoms with Gasteiger partial charge in [0, 0.05) is 27.7 Å². The van der Waals surface area contributed by atoms with Gasteiger partial charge in [0.15, 0.2) is 5.96 Å². The number of rotatable bonds is 7. The van der Waals surface area contributed by atoms with E-state index in [2.05, 4.69) is 26.9 Å². The summed E-state index contributed by atoms with van der Waals surface area (Å²) in [5.74, 6) is 1.40. The Morgan fingerprint density at radius 1 is 1.25 bits per heavy atom. The molecular formula is C20H29IN6O. The average Bonchev–Trinajstić information content (AvgIpc) is 3.10. The molecule has 28 heavy (non-hydrogen) atoms. The molecule has 1 aromatic carbocycles. The summed E-state index contributed by atoms with van der Waals surface area (Å²) in [6.45, 7) is 7.05. The van der Waals surface area contributed by atoms with E-state index in [1.165, 1.54) is 4.90 Å². The lowest BCUT2D eigenvalue weighted by molar-refractivity contribution is -0.127. The Bertz CT molecular complexity index is 800. The summed E-state index contributed by atoms with van der Waals surface area (Å²) in [7, 11) is 5.35. The Morgan fingerprint density at radius 2 is 1.93 bits per heavy atom. The number of hydrogen-bond acceptors (Lipinski definition) is 3. The topological polar surface area (TPSA) is 76.6 Å². The van der Waals surface area contributed by atoms with Crippen molar-refractivity contribution in [1.82, 2.24) is 25.1 Å². The van der Waals surface area contributed by atoms with Crippen LogP contribution < -0.4 is 5.32 Å². The van der Waals surface area contributed by atoms with Crippen LogP contribution in [0.3, 0.4) is 0 Å². The Labute approximate surface area is 184 Å². The Morgan fingerprint density at radius 3 is 2.54 bits per heavy atom. The SMILES string of the molecule is C=C(C)CNC(=NCC(=O)N(C)C)N(C)Cc1ncc(-c2ccccc2)[nH]1.I. The molecule has 1 amide bonds. The number of aromatic amines is 1. The van der Waals surface area contributed by atoms with Gasteiger partial charge in [-0.1, -0.05) is 42.5 Å². The van der Waals surface area contributed by atoms with E-state index >= 15 is 0 Å².